The highest BCUT2D eigenvalue weighted by Crippen LogP contribution is 2.60. The van der Waals surface area contributed by atoms with E-state index in [1.165, 1.54) is 19.3 Å². The summed E-state index contributed by atoms with van der Waals surface area (Å²) in [5, 5.41) is 9.43. The lowest BCUT2D eigenvalue weighted by Gasteiger charge is -2.56. The maximum absolute atomic E-state index is 13.2. The Hall–Kier alpha value is -1.56. The summed E-state index contributed by atoms with van der Waals surface area (Å²) in [6.45, 7) is 2.83. The van der Waals surface area contributed by atoms with Crippen LogP contribution >= 0.6 is 11.8 Å². The average Bonchev–Trinajstić information content (AvgIpc) is 3.27. The number of carbonyl (C=O) groups excluding carboxylic acids is 1. The van der Waals surface area contributed by atoms with Gasteiger partial charge in [-0.2, -0.15) is 0 Å². The number of ketones is 1. The van der Waals surface area contributed by atoms with Crippen molar-refractivity contribution in [1.29, 1.82) is 0 Å². The Balaban J connectivity index is 1.32. The predicted molar refractivity (Wildman–Crippen MR) is 99.7 cm³/mol. The Labute approximate surface area is 157 Å². The van der Waals surface area contributed by atoms with Gasteiger partial charge in [0.2, 0.25) is 0 Å². The van der Waals surface area contributed by atoms with Crippen LogP contribution in [0.15, 0.2) is 28.0 Å². The topological polar surface area (TPSA) is 60.9 Å². The number of carbonyl (C=O) groups is 1. The normalized spacial score (nSPS) is 32.3. The zero-order valence-corrected chi connectivity index (χ0v) is 16.0. The number of nitrogens with zero attached hydrogens (tertiary/aromatic N) is 3. The number of furan rings is 1. The SMILES string of the molecule is CCn1c(SCC(=O)C23CC4CC(CC(C4)C2)C3)nnc1-c1ccco1. The Bertz CT molecular complexity index is 776. The van der Waals surface area contributed by atoms with Gasteiger partial charge < -0.3 is 4.42 Å². The molecule has 0 radical (unpaired) electrons. The first-order chi connectivity index (χ1) is 12.7. The van der Waals surface area contributed by atoms with E-state index in [1.54, 1.807) is 18.0 Å². The van der Waals surface area contributed by atoms with E-state index < -0.39 is 0 Å². The molecule has 0 aliphatic heterocycles. The summed E-state index contributed by atoms with van der Waals surface area (Å²) in [6.07, 6.45) is 9.17. The fraction of sp³-hybridized carbons (Fsp3) is 0.650. The summed E-state index contributed by atoms with van der Waals surface area (Å²) >= 11 is 1.54. The van der Waals surface area contributed by atoms with Crippen LogP contribution in [0.2, 0.25) is 0 Å². The van der Waals surface area contributed by atoms with E-state index in [0.29, 0.717) is 11.5 Å². The predicted octanol–water partition coefficient (Wildman–Crippen LogP) is 4.44. The fourth-order valence-electron chi connectivity index (χ4n) is 6.00. The first kappa shape index (κ1) is 16.6. The molecule has 6 rings (SSSR count). The van der Waals surface area contributed by atoms with Gasteiger partial charge >= 0.3 is 0 Å². The van der Waals surface area contributed by atoms with Gasteiger partial charge in [0.1, 0.15) is 5.78 Å². The highest BCUT2D eigenvalue weighted by Gasteiger charge is 2.54. The monoisotopic (exact) mass is 371 g/mol. The van der Waals surface area contributed by atoms with E-state index in [9.17, 15) is 4.79 Å². The van der Waals surface area contributed by atoms with E-state index in [0.717, 1.165) is 60.3 Å². The van der Waals surface area contributed by atoms with Crippen molar-refractivity contribution in [3.05, 3.63) is 18.4 Å². The second-order valence-electron chi connectivity index (χ2n) is 8.44. The van der Waals surface area contributed by atoms with Gasteiger partial charge in [-0.25, -0.2) is 0 Å². The first-order valence-corrected chi connectivity index (χ1v) is 10.8. The standard InChI is InChI=1S/C20H25N3O2S/c1-2-23-18(16-4-3-5-25-16)21-22-19(23)26-12-17(24)20-9-13-6-14(10-20)8-15(7-13)11-20/h3-5,13-15H,2,6-12H2,1H3. The van der Waals surface area contributed by atoms with E-state index in [1.807, 2.05) is 16.7 Å². The molecule has 4 fully saturated rings. The van der Waals surface area contributed by atoms with Crippen molar-refractivity contribution in [3.63, 3.8) is 0 Å². The largest absolute Gasteiger partial charge is 0.461 e. The molecule has 138 valence electrons. The molecular formula is C20H25N3O2S. The smallest absolute Gasteiger partial charge is 0.200 e. The molecule has 0 N–H and O–H groups in total. The second kappa shape index (κ2) is 6.25. The minimum atomic E-state index is -0.0251. The van der Waals surface area contributed by atoms with Crippen LogP contribution in [-0.2, 0) is 11.3 Å². The van der Waals surface area contributed by atoms with Crippen molar-refractivity contribution >= 4 is 17.5 Å². The molecule has 6 heteroatoms. The van der Waals surface area contributed by atoms with Crippen molar-refractivity contribution in [3.8, 4) is 11.6 Å². The lowest BCUT2D eigenvalue weighted by atomic mass is 9.48. The number of thioether (sulfide) groups is 1. The number of hydrogen-bond donors (Lipinski definition) is 0. The van der Waals surface area contributed by atoms with E-state index in [2.05, 4.69) is 17.1 Å². The third kappa shape index (κ3) is 2.65. The zero-order valence-electron chi connectivity index (χ0n) is 15.2. The van der Waals surface area contributed by atoms with Crippen LogP contribution in [-0.4, -0.2) is 26.3 Å². The van der Waals surface area contributed by atoms with Crippen LogP contribution in [0.4, 0.5) is 0 Å². The van der Waals surface area contributed by atoms with Gasteiger partial charge in [0, 0.05) is 12.0 Å². The summed E-state index contributed by atoms with van der Waals surface area (Å²) < 4.78 is 7.50. The molecule has 2 heterocycles. The summed E-state index contributed by atoms with van der Waals surface area (Å²) in [4.78, 5) is 13.2. The highest BCUT2D eigenvalue weighted by atomic mass is 32.2. The van der Waals surface area contributed by atoms with Crippen LogP contribution in [0.3, 0.4) is 0 Å². The Kier molecular flexibility index (Phi) is 3.99. The molecule has 2 aromatic rings. The summed E-state index contributed by atoms with van der Waals surface area (Å²) in [6, 6.07) is 3.75. The minimum absolute atomic E-state index is 0.0251. The van der Waals surface area contributed by atoms with Gasteiger partial charge in [-0.05, 0) is 75.3 Å². The molecular weight excluding hydrogens is 346 g/mol. The van der Waals surface area contributed by atoms with Crippen molar-refractivity contribution in [2.24, 2.45) is 23.2 Å². The molecule has 0 saturated heterocycles. The van der Waals surface area contributed by atoms with Crippen molar-refractivity contribution < 1.29 is 9.21 Å². The highest BCUT2D eigenvalue weighted by molar-refractivity contribution is 7.99. The summed E-state index contributed by atoms with van der Waals surface area (Å²) in [5.41, 5.74) is -0.0251. The third-order valence-corrected chi connectivity index (χ3v) is 7.70. The maximum atomic E-state index is 13.2. The molecule has 5 nitrogen and oxygen atoms in total. The third-order valence-electron chi connectivity index (χ3n) is 6.74. The number of Topliss-reactive ketones (excluding diaryl/α,β-unsaturated/α-hetero) is 1. The zero-order chi connectivity index (χ0) is 17.7. The molecule has 4 bridgehead atoms. The van der Waals surface area contributed by atoms with E-state index in [-0.39, 0.29) is 5.41 Å². The molecule has 0 atom stereocenters. The summed E-state index contributed by atoms with van der Waals surface area (Å²) in [5.74, 6) is 4.84. The van der Waals surface area contributed by atoms with Gasteiger partial charge in [-0.1, -0.05) is 11.8 Å². The maximum Gasteiger partial charge on any atom is 0.200 e. The quantitative estimate of drug-likeness (QED) is 0.703. The molecule has 0 amide bonds. The van der Waals surface area contributed by atoms with Crippen LogP contribution in [0.5, 0.6) is 0 Å². The molecule has 4 aliphatic carbocycles. The van der Waals surface area contributed by atoms with E-state index >= 15 is 0 Å². The van der Waals surface area contributed by atoms with Crippen LogP contribution < -0.4 is 0 Å². The van der Waals surface area contributed by atoms with Crippen molar-refractivity contribution in [2.75, 3.05) is 5.75 Å². The fourth-order valence-corrected chi connectivity index (χ4v) is 7.04. The lowest BCUT2D eigenvalue weighted by Crippen LogP contribution is -2.50. The molecule has 0 unspecified atom stereocenters. The summed E-state index contributed by atoms with van der Waals surface area (Å²) in [7, 11) is 0. The molecule has 2 aromatic heterocycles. The van der Waals surface area contributed by atoms with Gasteiger partial charge in [-0.15, -0.1) is 10.2 Å². The van der Waals surface area contributed by atoms with Crippen molar-refractivity contribution in [2.45, 2.75) is 57.1 Å². The van der Waals surface area contributed by atoms with Crippen molar-refractivity contribution in [1.82, 2.24) is 14.8 Å². The Morgan fingerprint density at radius 1 is 1.23 bits per heavy atom. The number of aromatic nitrogens is 3. The minimum Gasteiger partial charge on any atom is -0.461 e. The van der Waals surface area contributed by atoms with Gasteiger partial charge in [0.15, 0.2) is 16.7 Å². The number of hydrogen-bond acceptors (Lipinski definition) is 5. The molecule has 4 saturated carbocycles. The van der Waals surface area contributed by atoms with Gasteiger partial charge in [0.05, 0.1) is 12.0 Å². The second-order valence-corrected chi connectivity index (χ2v) is 9.38. The van der Waals surface area contributed by atoms with Crippen LogP contribution in [0.25, 0.3) is 11.6 Å². The lowest BCUT2D eigenvalue weighted by molar-refractivity contribution is -0.141. The first-order valence-electron chi connectivity index (χ1n) is 9.80. The van der Waals surface area contributed by atoms with E-state index in [4.69, 9.17) is 4.42 Å². The Morgan fingerprint density at radius 2 is 1.92 bits per heavy atom. The van der Waals surface area contributed by atoms with Crippen LogP contribution in [0, 0.1) is 23.2 Å². The molecule has 4 aliphatic rings. The molecule has 0 aromatic carbocycles. The molecule has 26 heavy (non-hydrogen) atoms. The molecule has 0 spiro atoms. The number of rotatable bonds is 6. The van der Waals surface area contributed by atoms with Crippen LogP contribution in [0.1, 0.15) is 45.4 Å². The van der Waals surface area contributed by atoms with Gasteiger partial charge in [-0.3, -0.25) is 9.36 Å². The van der Waals surface area contributed by atoms with Gasteiger partial charge in [0.25, 0.3) is 0 Å². The Morgan fingerprint density at radius 3 is 2.50 bits per heavy atom. The average molecular weight is 372 g/mol.